The van der Waals surface area contributed by atoms with Crippen molar-refractivity contribution in [2.75, 3.05) is 9.80 Å². The van der Waals surface area contributed by atoms with Crippen LogP contribution in [-0.4, -0.2) is 4.40 Å². The van der Waals surface area contributed by atoms with E-state index < -0.39 is 0 Å². The number of fused-ring (bicyclic) bond motifs is 8. The van der Waals surface area contributed by atoms with E-state index in [4.69, 9.17) is 0 Å². The number of benzene rings is 7. The SMILES string of the molecule is CC(C)(C)c1ccc(N(c2ccccc2)c2ccc3c(c2)C(C)(C)c2c-3n3c4ccc(N(c5ccccc5)c5ccc(C(C)(C)C)cc5)cc4c4cccc2c43)cc1. The Hall–Kier alpha value is -6.32. The first-order valence-electron chi connectivity index (χ1n) is 20.7. The minimum Gasteiger partial charge on any atom is -0.310 e. The third kappa shape index (κ3) is 5.55. The number of rotatable bonds is 6. The molecule has 0 fully saturated rings. The van der Waals surface area contributed by atoms with E-state index in [1.54, 1.807) is 0 Å². The predicted molar refractivity (Wildman–Crippen MR) is 248 cm³/mol. The van der Waals surface area contributed by atoms with Gasteiger partial charge in [-0.15, -0.1) is 0 Å². The molecule has 1 aliphatic rings. The van der Waals surface area contributed by atoms with Crippen molar-refractivity contribution >= 4 is 61.3 Å². The standard InChI is InChI=1S/C55H51N3/c1-53(2,3)36-22-26-40(27-23-36)56(38-16-11-9-12-17-38)42-31-33-49-47(34-42)44-20-15-21-46-50-52(58(49)51(44)46)45-32-30-43(35-48(45)55(50,7)8)57(39-18-13-10-14-19-39)41-28-24-37(25-29-41)54(4,5)6/h9-35H,1-8H3. The molecule has 0 saturated carbocycles. The van der Waals surface area contributed by atoms with Crippen LogP contribution in [0.4, 0.5) is 34.1 Å². The average molecular weight is 754 g/mol. The highest BCUT2D eigenvalue weighted by Gasteiger charge is 2.41. The van der Waals surface area contributed by atoms with Gasteiger partial charge in [-0.1, -0.05) is 140 Å². The third-order valence-electron chi connectivity index (χ3n) is 12.6. The predicted octanol–water partition coefficient (Wildman–Crippen LogP) is 15.5. The first-order valence-corrected chi connectivity index (χ1v) is 20.7. The molecule has 2 aromatic heterocycles. The molecule has 9 aromatic rings. The highest BCUT2D eigenvalue weighted by molar-refractivity contribution is 6.19. The molecule has 0 bridgehead atoms. The van der Waals surface area contributed by atoms with Gasteiger partial charge in [-0.05, 0) is 112 Å². The van der Waals surface area contributed by atoms with Crippen molar-refractivity contribution in [3.05, 3.63) is 186 Å². The van der Waals surface area contributed by atoms with Crippen molar-refractivity contribution in [2.24, 2.45) is 0 Å². The Bertz CT molecular complexity index is 2960. The largest absolute Gasteiger partial charge is 0.310 e. The molecule has 2 heterocycles. The van der Waals surface area contributed by atoms with Crippen LogP contribution < -0.4 is 9.80 Å². The van der Waals surface area contributed by atoms with Crippen molar-refractivity contribution in [1.29, 1.82) is 0 Å². The second-order valence-electron chi connectivity index (χ2n) is 18.8. The number of hydrogen-bond acceptors (Lipinski definition) is 2. The van der Waals surface area contributed by atoms with Crippen LogP contribution in [-0.2, 0) is 16.2 Å². The van der Waals surface area contributed by atoms with Gasteiger partial charge in [0.15, 0.2) is 0 Å². The molecular weight excluding hydrogens is 703 g/mol. The molecule has 0 spiro atoms. The van der Waals surface area contributed by atoms with E-state index in [1.165, 1.54) is 66.4 Å². The van der Waals surface area contributed by atoms with E-state index in [-0.39, 0.29) is 16.2 Å². The van der Waals surface area contributed by atoms with Gasteiger partial charge in [-0.25, -0.2) is 0 Å². The molecule has 0 atom stereocenters. The lowest BCUT2D eigenvalue weighted by molar-refractivity contribution is 0.590. The molecule has 0 N–H and O–H groups in total. The van der Waals surface area contributed by atoms with Crippen molar-refractivity contribution in [1.82, 2.24) is 4.40 Å². The molecule has 286 valence electrons. The third-order valence-corrected chi connectivity index (χ3v) is 12.6. The summed E-state index contributed by atoms with van der Waals surface area (Å²) in [7, 11) is 0. The maximum Gasteiger partial charge on any atom is 0.0617 e. The number of hydrogen-bond donors (Lipinski definition) is 0. The Morgan fingerprint density at radius 3 is 1.43 bits per heavy atom. The Morgan fingerprint density at radius 1 is 0.431 bits per heavy atom. The quantitative estimate of drug-likeness (QED) is 0.167. The van der Waals surface area contributed by atoms with Crippen LogP contribution >= 0.6 is 0 Å². The maximum absolute atomic E-state index is 2.57. The molecule has 58 heavy (non-hydrogen) atoms. The molecular formula is C55H51N3. The molecule has 0 unspecified atom stereocenters. The van der Waals surface area contributed by atoms with Crippen LogP contribution in [0.1, 0.15) is 77.6 Å². The van der Waals surface area contributed by atoms with Gasteiger partial charge in [0.1, 0.15) is 0 Å². The average Bonchev–Trinajstić information content (AvgIpc) is 3.82. The zero-order valence-corrected chi connectivity index (χ0v) is 34.9. The zero-order valence-electron chi connectivity index (χ0n) is 34.9. The molecule has 7 aromatic carbocycles. The molecule has 0 aliphatic heterocycles. The second-order valence-corrected chi connectivity index (χ2v) is 18.8. The molecule has 3 nitrogen and oxygen atoms in total. The van der Waals surface area contributed by atoms with Gasteiger partial charge in [0.2, 0.25) is 0 Å². The normalized spacial score (nSPS) is 13.7. The van der Waals surface area contributed by atoms with Crippen molar-refractivity contribution in [3.8, 4) is 11.3 Å². The van der Waals surface area contributed by atoms with E-state index in [1.807, 2.05) is 0 Å². The molecule has 0 amide bonds. The highest BCUT2D eigenvalue weighted by atomic mass is 15.1. The lowest BCUT2D eigenvalue weighted by atomic mass is 9.81. The summed E-state index contributed by atoms with van der Waals surface area (Å²) in [6.45, 7) is 18.5. The van der Waals surface area contributed by atoms with Crippen LogP contribution in [0, 0.1) is 0 Å². The van der Waals surface area contributed by atoms with E-state index in [0.717, 1.165) is 28.4 Å². The zero-order chi connectivity index (χ0) is 40.1. The fraction of sp³-hybridized carbons (Fsp3) is 0.200. The van der Waals surface area contributed by atoms with Gasteiger partial charge in [-0.2, -0.15) is 0 Å². The Kier molecular flexibility index (Phi) is 7.98. The summed E-state index contributed by atoms with van der Waals surface area (Å²) >= 11 is 0. The summed E-state index contributed by atoms with van der Waals surface area (Å²) in [4.78, 5) is 4.79. The number of para-hydroxylation sites is 3. The van der Waals surface area contributed by atoms with Gasteiger partial charge in [0.05, 0.1) is 16.7 Å². The lowest BCUT2D eigenvalue weighted by Crippen LogP contribution is -2.17. The summed E-state index contributed by atoms with van der Waals surface area (Å²) in [6.07, 6.45) is 0. The monoisotopic (exact) mass is 753 g/mol. The van der Waals surface area contributed by atoms with Gasteiger partial charge < -0.3 is 14.2 Å². The molecule has 0 saturated heterocycles. The summed E-state index contributed by atoms with van der Waals surface area (Å²) < 4.78 is 2.57. The van der Waals surface area contributed by atoms with E-state index in [0.29, 0.717) is 0 Å². The molecule has 10 rings (SSSR count). The fourth-order valence-electron chi connectivity index (χ4n) is 9.56. The second kappa shape index (κ2) is 12.8. The van der Waals surface area contributed by atoms with E-state index in [2.05, 4.69) is 233 Å². The molecule has 1 aliphatic carbocycles. The number of nitrogens with zero attached hydrogens (tertiary/aromatic N) is 3. The Morgan fingerprint density at radius 2 is 0.897 bits per heavy atom. The minimum atomic E-state index is -0.206. The van der Waals surface area contributed by atoms with Gasteiger partial charge in [0.25, 0.3) is 0 Å². The van der Waals surface area contributed by atoms with E-state index in [9.17, 15) is 0 Å². The van der Waals surface area contributed by atoms with Crippen molar-refractivity contribution in [3.63, 3.8) is 0 Å². The number of aromatic nitrogens is 1. The van der Waals surface area contributed by atoms with Crippen LogP contribution in [0.15, 0.2) is 164 Å². The maximum atomic E-state index is 2.57. The summed E-state index contributed by atoms with van der Waals surface area (Å²) in [6, 6.07) is 60.9. The highest BCUT2D eigenvalue weighted by Crippen LogP contribution is 2.56. The fourth-order valence-corrected chi connectivity index (χ4v) is 9.56. The topological polar surface area (TPSA) is 10.9 Å². The van der Waals surface area contributed by atoms with Crippen LogP contribution in [0.5, 0.6) is 0 Å². The minimum absolute atomic E-state index is 0.0878. The van der Waals surface area contributed by atoms with Gasteiger partial charge in [-0.3, -0.25) is 0 Å². The smallest absolute Gasteiger partial charge is 0.0617 e. The molecule has 3 heteroatoms. The van der Waals surface area contributed by atoms with Crippen LogP contribution in [0.25, 0.3) is 38.4 Å². The summed E-state index contributed by atoms with van der Waals surface area (Å²) in [5.74, 6) is 0. The van der Waals surface area contributed by atoms with Crippen LogP contribution in [0.2, 0.25) is 0 Å². The molecule has 0 radical (unpaired) electrons. The first-order chi connectivity index (χ1) is 27.8. The van der Waals surface area contributed by atoms with Crippen molar-refractivity contribution < 1.29 is 0 Å². The van der Waals surface area contributed by atoms with Crippen LogP contribution in [0.3, 0.4) is 0 Å². The first kappa shape index (κ1) is 36.0. The summed E-state index contributed by atoms with van der Waals surface area (Å²) in [5.41, 5.74) is 17.5. The Labute approximate surface area is 343 Å². The van der Waals surface area contributed by atoms with E-state index >= 15 is 0 Å². The van der Waals surface area contributed by atoms with Gasteiger partial charge >= 0.3 is 0 Å². The van der Waals surface area contributed by atoms with Gasteiger partial charge in [0, 0.05) is 61.3 Å². The lowest BCUT2D eigenvalue weighted by Gasteiger charge is -2.29. The van der Waals surface area contributed by atoms with Crippen molar-refractivity contribution in [2.45, 2.75) is 71.6 Å². The Balaban J connectivity index is 1.14. The summed E-state index contributed by atoms with van der Waals surface area (Å²) in [5, 5.41) is 3.90. The number of anilines is 6.